The van der Waals surface area contributed by atoms with Crippen LogP contribution in [0.3, 0.4) is 0 Å². The van der Waals surface area contributed by atoms with Crippen molar-refractivity contribution >= 4 is 48.8 Å². The molecule has 0 bridgehead atoms. The van der Waals surface area contributed by atoms with Crippen LogP contribution < -0.4 is 10.0 Å². The number of anilines is 1. The van der Waals surface area contributed by atoms with E-state index in [-0.39, 0.29) is 10.8 Å². The number of hydrogen-bond acceptors (Lipinski definition) is 4. The summed E-state index contributed by atoms with van der Waals surface area (Å²) in [7, 11) is -3.80. The van der Waals surface area contributed by atoms with E-state index in [2.05, 4.69) is 35.9 Å². The number of amides is 1. The zero-order valence-corrected chi connectivity index (χ0v) is 15.6. The van der Waals surface area contributed by atoms with Crippen molar-refractivity contribution in [1.29, 1.82) is 0 Å². The molecule has 0 spiro atoms. The fourth-order valence-corrected chi connectivity index (χ4v) is 3.67. The molecule has 0 aliphatic heterocycles. The maximum Gasteiger partial charge on any atom is 0.244 e. The summed E-state index contributed by atoms with van der Waals surface area (Å²) in [5, 5.41) is 2.57. The van der Waals surface area contributed by atoms with E-state index < -0.39 is 22.0 Å². The summed E-state index contributed by atoms with van der Waals surface area (Å²) in [6, 6.07) is 12.5. The Labute approximate surface area is 153 Å². The molecule has 9 heteroatoms. The minimum absolute atomic E-state index is 0.0825. The van der Waals surface area contributed by atoms with Gasteiger partial charge >= 0.3 is 0 Å². The molecule has 1 aromatic heterocycles. The molecule has 2 aromatic carbocycles. The average molecular weight is 423 g/mol. The molecule has 0 saturated carbocycles. The van der Waals surface area contributed by atoms with Gasteiger partial charge in [-0.15, -0.1) is 0 Å². The van der Waals surface area contributed by atoms with Crippen LogP contribution in [0.15, 0.2) is 57.9 Å². The first-order chi connectivity index (χ1) is 11.8. The lowest BCUT2D eigenvalue weighted by Gasteiger charge is -2.13. The zero-order valence-electron chi connectivity index (χ0n) is 13.2. The van der Waals surface area contributed by atoms with Gasteiger partial charge in [-0.25, -0.2) is 13.4 Å². The Morgan fingerprint density at radius 2 is 1.84 bits per heavy atom. The number of halogens is 1. The second kappa shape index (κ2) is 6.95. The molecule has 3 N–H and O–H groups in total. The number of carbonyl (C=O) groups excluding carboxylic acids is 1. The number of nitrogens with one attached hydrogen (secondary N) is 3. The van der Waals surface area contributed by atoms with E-state index in [4.69, 9.17) is 0 Å². The van der Waals surface area contributed by atoms with Crippen LogP contribution in [0.25, 0.3) is 11.0 Å². The number of nitrogens with zero attached hydrogens (tertiary/aromatic N) is 1. The fourth-order valence-electron chi connectivity index (χ4n) is 2.20. The second-order valence-corrected chi connectivity index (χ2v) is 8.02. The van der Waals surface area contributed by atoms with Crippen molar-refractivity contribution in [3.05, 3.63) is 53.0 Å². The number of hydrogen-bond donors (Lipinski definition) is 3. The number of carbonyl (C=O) groups is 1. The minimum atomic E-state index is -3.80. The van der Waals surface area contributed by atoms with Crippen LogP contribution in [-0.2, 0) is 14.8 Å². The largest absolute Gasteiger partial charge is 0.324 e. The molecular weight excluding hydrogens is 408 g/mol. The van der Waals surface area contributed by atoms with Gasteiger partial charge in [0.05, 0.1) is 22.0 Å². The molecule has 0 radical (unpaired) electrons. The van der Waals surface area contributed by atoms with Crippen molar-refractivity contribution in [1.82, 2.24) is 14.7 Å². The lowest BCUT2D eigenvalue weighted by molar-refractivity contribution is -0.117. The van der Waals surface area contributed by atoms with Crippen LogP contribution in [-0.4, -0.2) is 30.3 Å². The van der Waals surface area contributed by atoms with Gasteiger partial charge in [-0.3, -0.25) is 10.1 Å². The smallest absolute Gasteiger partial charge is 0.244 e. The number of para-hydroxylation sites is 2. The lowest BCUT2D eigenvalue weighted by Crippen LogP contribution is -2.41. The van der Waals surface area contributed by atoms with Crippen molar-refractivity contribution < 1.29 is 13.2 Å². The van der Waals surface area contributed by atoms with E-state index in [1.54, 1.807) is 18.2 Å². The molecular formula is C16H15BrN4O3S. The fraction of sp³-hybridized carbons (Fsp3) is 0.125. The number of sulfonamides is 1. The second-order valence-electron chi connectivity index (χ2n) is 5.39. The Bertz CT molecular complexity index is 982. The van der Waals surface area contributed by atoms with Gasteiger partial charge in [-0.1, -0.05) is 28.1 Å². The third-order valence-corrected chi connectivity index (χ3v) is 5.57. The molecule has 1 heterocycles. The highest BCUT2D eigenvalue weighted by Gasteiger charge is 2.22. The Hall–Kier alpha value is -2.23. The van der Waals surface area contributed by atoms with E-state index in [1.165, 1.54) is 19.1 Å². The van der Waals surface area contributed by atoms with Crippen molar-refractivity contribution in [2.75, 3.05) is 5.32 Å². The van der Waals surface area contributed by atoms with Crippen LogP contribution in [0, 0.1) is 0 Å². The Morgan fingerprint density at radius 3 is 2.52 bits per heavy atom. The molecule has 0 saturated heterocycles. The predicted octanol–water partition coefficient (Wildman–Crippen LogP) is 2.63. The standard InChI is InChI=1S/C16H15BrN4O3S/c1-10(21-25(23,24)12-8-6-11(17)7-9-12)15(22)20-16-18-13-4-2-3-5-14(13)19-16/h2-10,21H,1H3,(H2,18,19,20,22)/t10-/m1/s1. The van der Waals surface area contributed by atoms with Crippen LogP contribution in [0.1, 0.15) is 6.92 Å². The number of rotatable bonds is 5. The van der Waals surface area contributed by atoms with Crippen LogP contribution in [0.4, 0.5) is 5.95 Å². The quantitative estimate of drug-likeness (QED) is 0.587. The van der Waals surface area contributed by atoms with E-state index in [1.807, 2.05) is 18.2 Å². The topological polar surface area (TPSA) is 104 Å². The highest BCUT2D eigenvalue weighted by Crippen LogP contribution is 2.16. The monoisotopic (exact) mass is 422 g/mol. The van der Waals surface area contributed by atoms with Crippen molar-refractivity contribution in [3.63, 3.8) is 0 Å². The number of fused-ring (bicyclic) bond motifs is 1. The molecule has 1 amide bonds. The summed E-state index contributed by atoms with van der Waals surface area (Å²) in [6.45, 7) is 1.47. The molecule has 0 aliphatic rings. The Balaban J connectivity index is 1.70. The number of H-pyrrole nitrogens is 1. The highest BCUT2D eigenvalue weighted by molar-refractivity contribution is 9.10. The van der Waals surface area contributed by atoms with Gasteiger partial charge in [-0.2, -0.15) is 4.72 Å². The first kappa shape index (κ1) is 17.6. The molecule has 3 rings (SSSR count). The van der Waals surface area contributed by atoms with Crippen LogP contribution in [0.5, 0.6) is 0 Å². The minimum Gasteiger partial charge on any atom is -0.324 e. The molecule has 7 nitrogen and oxygen atoms in total. The van der Waals surface area contributed by atoms with Crippen molar-refractivity contribution in [2.45, 2.75) is 17.9 Å². The maximum absolute atomic E-state index is 12.3. The number of imidazole rings is 1. The van der Waals surface area contributed by atoms with Gasteiger partial charge in [0.1, 0.15) is 0 Å². The summed E-state index contributed by atoms with van der Waals surface area (Å²) < 4.78 is 27.8. The van der Waals surface area contributed by atoms with Gasteiger partial charge in [-0.05, 0) is 43.3 Å². The van der Waals surface area contributed by atoms with Crippen molar-refractivity contribution in [3.8, 4) is 0 Å². The number of aromatic nitrogens is 2. The molecule has 1 atom stereocenters. The maximum atomic E-state index is 12.3. The predicted molar refractivity (Wildman–Crippen MR) is 98.6 cm³/mol. The third kappa shape index (κ3) is 4.06. The lowest BCUT2D eigenvalue weighted by atomic mass is 10.3. The zero-order chi connectivity index (χ0) is 18.0. The Kier molecular flexibility index (Phi) is 4.89. The Morgan fingerprint density at radius 1 is 1.16 bits per heavy atom. The molecule has 0 fully saturated rings. The summed E-state index contributed by atoms with van der Waals surface area (Å²) in [5.41, 5.74) is 1.49. The normalized spacial score (nSPS) is 12.9. The average Bonchev–Trinajstić information content (AvgIpc) is 2.97. The SMILES string of the molecule is C[C@@H](NS(=O)(=O)c1ccc(Br)cc1)C(=O)Nc1nc2ccccc2[nH]1. The molecule has 0 unspecified atom stereocenters. The molecule has 3 aromatic rings. The first-order valence-electron chi connectivity index (χ1n) is 7.39. The van der Waals surface area contributed by atoms with E-state index >= 15 is 0 Å². The molecule has 25 heavy (non-hydrogen) atoms. The summed E-state index contributed by atoms with van der Waals surface area (Å²) in [5.74, 6) is -0.249. The van der Waals surface area contributed by atoms with Gasteiger partial charge < -0.3 is 4.98 Å². The van der Waals surface area contributed by atoms with Gasteiger partial charge in [0.2, 0.25) is 21.9 Å². The van der Waals surface area contributed by atoms with E-state index in [0.29, 0.717) is 5.52 Å². The van der Waals surface area contributed by atoms with Gasteiger partial charge in [0, 0.05) is 4.47 Å². The third-order valence-electron chi connectivity index (χ3n) is 3.48. The van der Waals surface area contributed by atoms with Gasteiger partial charge in [0.15, 0.2) is 0 Å². The molecule has 0 aliphatic carbocycles. The first-order valence-corrected chi connectivity index (χ1v) is 9.66. The highest BCUT2D eigenvalue weighted by atomic mass is 79.9. The van der Waals surface area contributed by atoms with Crippen molar-refractivity contribution in [2.24, 2.45) is 0 Å². The van der Waals surface area contributed by atoms with Crippen LogP contribution in [0.2, 0.25) is 0 Å². The van der Waals surface area contributed by atoms with E-state index in [9.17, 15) is 13.2 Å². The van der Waals surface area contributed by atoms with Gasteiger partial charge in [0.25, 0.3) is 0 Å². The summed E-state index contributed by atoms with van der Waals surface area (Å²) in [6.07, 6.45) is 0. The number of aromatic amines is 1. The summed E-state index contributed by atoms with van der Waals surface area (Å²) in [4.78, 5) is 19.5. The van der Waals surface area contributed by atoms with E-state index in [0.717, 1.165) is 9.99 Å². The molecule has 130 valence electrons. The number of benzene rings is 2. The van der Waals surface area contributed by atoms with Crippen LogP contribution >= 0.6 is 15.9 Å². The summed E-state index contributed by atoms with van der Waals surface area (Å²) >= 11 is 3.25.